The van der Waals surface area contributed by atoms with Crippen LogP contribution in [0.25, 0.3) is 10.8 Å². The molecule has 0 spiro atoms. The van der Waals surface area contributed by atoms with Crippen LogP contribution in [0.2, 0.25) is 0 Å². The van der Waals surface area contributed by atoms with Crippen molar-refractivity contribution in [3.05, 3.63) is 53.9 Å². The third kappa shape index (κ3) is 7.32. The summed E-state index contributed by atoms with van der Waals surface area (Å²) in [6.45, 7) is 4.25. The van der Waals surface area contributed by atoms with E-state index in [4.69, 9.17) is 4.84 Å². The van der Waals surface area contributed by atoms with E-state index in [1.54, 1.807) is 36.4 Å². The summed E-state index contributed by atoms with van der Waals surface area (Å²) in [4.78, 5) is 37.5. The van der Waals surface area contributed by atoms with Gasteiger partial charge in [0.15, 0.2) is 0 Å². The molecule has 0 radical (unpaired) electrons. The van der Waals surface area contributed by atoms with E-state index in [0.717, 1.165) is 43.1 Å². The lowest BCUT2D eigenvalue weighted by Crippen LogP contribution is -2.51. The van der Waals surface area contributed by atoms with Gasteiger partial charge in [0.05, 0.1) is 16.7 Å². The summed E-state index contributed by atoms with van der Waals surface area (Å²) >= 11 is 0. The number of rotatable bonds is 13. The van der Waals surface area contributed by atoms with Gasteiger partial charge < -0.3 is 20.7 Å². The lowest BCUT2D eigenvalue weighted by molar-refractivity contribution is -0.139. The molecule has 12 nitrogen and oxygen atoms in total. The summed E-state index contributed by atoms with van der Waals surface area (Å²) in [5.41, 5.74) is 4.69. The molecule has 1 amide bonds. The van der Waals surface area contributed by atoms with Gasteiger partial charge in [-0.3, -0.25) is 14.4 Å². The second-order valence-corrected chi connectivity index (χ2v) is 11.3. The molecular weight excluding hydrogens is 524 g/mol. The fourth-order valence-corrected chi connectivity index (χ4v) is 5.81. The summed E-state index contributed by atoms with van der Waals surface area (Å²) in [7, 11) is -4.17. The predicted molar refractivity (Wildman–Crippen MR) is 146 cm³/mol. The minimum Gasteiger partial charge on any atom is -0.480 e. The molecule has 4 rings (SSSR count). The molecule has 3 aromatic rings. The number of carboxylic acids is 1. The Hall–Kier alpha value is -3.52. The first-order chi connectivity index (χ1) is 18.6. The average Bonchev–Trinajstić information content (AvgIpc) is 3.51. The van der Waals surface area contributed by atoms with Crippen molar-refractivity contribution in [3.63, 3.8) is 0 Å². The number of H-pyrrole nitrogens is 1. The highest BCUT2D eigenvalue weighted by molar-refractivity contribution is 7.89. The minimum atomic E-state index is -4.17. The number of amides is 1. The third-order valence-electron chi connectivity index (χ3n) is 6.68. The zero-order valence-electron chi connectivity index (χ0n) is 21.9. The van der Waals surface area contributed by atoms with Crippen LogP contribution in [0.1, 0.15) is 37.1 Å². The number of hydrogen-bond acceptors (Lipinski definition) is 8. The number of aromatic amines is 1. The number of benzene rings is 2. The van der Waals surface area contributed by atoms with Crippen LogP contribution in [0.4, 0.5) is 5.95 Å². The van der Waals surface area contributed by atoms with Gasteiger partial charge in [0, 0.05) is 30.6 Å². The number of aromatic nitrogens is 2. The maximum absolute atomic E-state index is 13.0. The van der Waals surface area contributed by atoms with Gasteiger partial charge in [-0.05, 0) is 44.6 Å². The lowest BCUT2D eigenvalue weighted by atomic mass is 10.1. The van der Waals surface area contributed by atoms with Crippen LogP contribution in [0.3, 0.4) is 0 Å². The highest BCUT2D eigenvalue weighted by Gasteiger charge is 2.32. The Balaban J connectivity index is 1.22. The number of unbranched alkanes of at least 4 members (excludes halogenated alkanes) is 1. The molecule has 2 heterocycles. The fourth-order valence-electron chi connectivity index (χ4n) is 4.40. The first-order valence-corrected chi connectivity index (χ1v) is 14.3. The van der Waals surface area contributed by atoms with E-state index >= 15 is 0 Å². The predicted octanol–water partition coefficient (Wildman–Crippen LogP) is 1.97. The number of fused-ring (bicyclic) bond motifs is 1. The molecule has 1 aromatic heterocycles. The number of hydroxylamine groups is 1. The van der Waals surface area contributed by atoms with Crippen molar-refractivity contribution >= 4 is 38.6 Å². The molecule has 0 aliphatic carbocycles. The van der Waals surface area contributed by atoms with Crippen LogP contribution in [0.5, 0.6) is 0 Å². The van der Waals surface area contributed by atoms with Gasteiger partial charge in [-0.2, -0.15) is 10.2 Å². The minimum absolute atomic E-state index is 0.0311. The molecule has 210 valence electrons. The number of carboxylic acid groups (broad SMARTS) is 1. The molecule has 2 aromatic carbocycles. The van der Waals surface area contributed by atoms with Crippen LogP contribution in [-0.4, -0.2) is 66.6 Å². The Morgan fingerprint density at radius 1 is 1.15 bits per heavy atom. The maximum atomic E-state index is 13.0. The van der Waals surface area contributed by atoms with Crippen molar-refractivity contribution in [2.24, 2.45) is 0 Å². The van der Waals surface area contributed by atoms with Crippen LogP contribution in [0.15, 0.2) is 47.4 Å². The van der Waals surface area contributed by atoms with Crippen molar-refractivity contribution in [1.82, 2.24) is 25.5 Å². The molecule has 13 heteroatoms. The Morgan fingerprint density at radius 3 is 2.67 bits per heavy atom. The van der Waals surface area contributed by atoms with E-state index in [1.807, 2.05) is 13.8 Å². The van der Waals surface area contributed by atoms with Crippen molar-refractivity contribution < 1.29 is 28.0 Å². The number of aliphatic carboxylic acids is 1. The van der Waals surface area contributed by atoms with Gasteiger partial charge in [-0.25, -0.2) is 13.4 Å². The Bertz CT molecular complexity index is 1400. The van der Waals surface area contributed by atoms with Crippen molar-refractivity contribution in [1.29, 1.82) is 0 Å². The molecule has 1 fully saturated rings. The fraction of sp³-hybridized carbons (Fsp3) is 0.423. The SMILES string of the molecule is Cc1nc(NCCCCC2CC(C(=O)NCC(NS(=O)(=O)c3cccc4ccccc34)C(=O)O)NO2)[nH]c1C. The molecular formula is C26H34N6O6S. The number of anilines is 1. The van der Waals surface area contributed by atoms with Gasteiger partial charge in [-0.15, -0.1) is 0 Å². The molecule has 3 unspecified atom stereocenters. The third-order valence-corrected chi connectivity index (χ3v) is 8.21. The summed E-state index contributed by atoms with van der Waals surface area (Å²) in [6.07, 6.45) is 2.79. The standard InChI is InChI=1S/C26H34N6O6S/c1-16-17(2)30-26(29-16)27-13-6-5-10-19-14-21(31-38-19)24(33)28-15-22(25(34)35)32-39(36,37)23-12-7-9-18-8-3-4-11-20(18)23/h3-4,7-9,11-12,19,21-22,31-32H,5-6,10,13-15H2,1-2H3,(H,28,33)(H,34,35)(H2,27,29,30). The average molecular weight is 559 g/mol. The molecule has 0 bridgehead atoms. The summed E-state index contributed by atoms with van der Waals surface area (Å²) in [5, 5.41) is 16.6. The lowest BCUT2D eigenvalue weighted by Gasteiger charge is -2.17. The summed E-state index contributed by atoms with van der Waals surface area (Å²) in [5.74, 6) is -1.11. The maximum Gasteiger partial charge on any atom is 0.323 e. The largest absolute Gasteiger partial charge is 0.480 e. The molecule has 6 N–H and O–H groups in total. The van der Waals surface area contributed by atoms with Crippen molar-refractivity contribution in [2.45, 2.75) is 62.6 Å². The second kappa shape index (κ2) is 12.6. The molecule has 1 aliphatic rings. The number of carbonyl (C=O) groups excluding carboxylic acids is 1. The zero-order chi connectivity index (χ0) is 28.0. The number of nitrogens with zero attached hydrogens (tertiary/aromatic N) is 1. The molecule has 1 aliphatic heterocycles. The monoisotopic (exact) mass is 558 g/mol. The Labute approximate surface area is 226 Å². The molecule has 3 atom stereocenters. The second-order valence-electron chi connectivity index (χ2n) is 9.60. The van der Waals surface area contributed by atoms with E-state index in [1.165, 1.54) is 6.07 Å². The quantitative estimate of drug-likeness (QED) is 0.171. The summed E-state index contributed by atoms with van der Waals surface area (Å²) in [6, 6.07) is 9.48. The molecule has 0 saturated carbocycles. The first kappa shape index (κ1) is 28.5. The number of aryl methyl sites for hydroxylation is 2. The summed E-state index contributed by atoms with van der Waals surface area (Å²) < 4.78 is 28.2. The van der Waals surface area contributed by atoms with Crippen LogP contribution >= 0.6 is 0 Å². The van der Waals surface area contributed by atoms with Gasteiger partial charge in [-0.1, -0.05) is 36.4 Å². The van der Waals surface area contributed by atoms with E-state index in [2.05, 4.69) is 30.8 Å². The highest BCUT2D eigenvalue weighted by Crippen LogP contribution is 2.23. The van der Waals surface area contributed by atoms with E-state index < -0.39 is 40.5 Å². The van der Waals surface area contributed by atoms with E-state index in [-0.39, 0.29) is 11.0 Å². The number of carbonyl (C=O) groups is 2. The van der Waals surface area contributed by atoms with Crippen molar-refractivity contribution in [3.8, 4) is 0 Å². The van der Waals surface area contributed by atoms with Gasteiger partial charge in [0.1, 0.15) is 12.1 Å². The van der Waals surface area contributed by atoms with Crippen LogP contribution < -0.4 is 20.8 Å². The van der Waals surface area contributed by atoms with E-state index in [0.29, 0.717) is 17.2 Å². The molecule has 1 saturated heterocycles. The van der Waals surface area contributed by atoms with Gasteiger partial charge in [0.25, 0.3) is 0 Å². The zero-order valence-corrected chi connectivity index (χ0v) is 22.7. The number of sulfonamides is 1. The smallest absolute Gasteiger partial charge is 0.323 e. The van der Waals surface area contributed by atoms with Gasteiger partial charge in [0.2, 0.25) is 21.9 Å². The topological polar surface area (TPSA) is 175 Å². The van der Waals surface area contributed by atoms with E-state index in [9.17, 15) is 23.1 Å². The Kier molecular flexibility index (Phi) is 9.17. The van der Waals surface area contributed by atoms with Gasteiger partial charge >= 0.3 is 5.97 Å². The number of imidazole rings is 1. The number of hydrogen-bond donors (Lipinski definition) is 6. The number of nitrogens with one attached hydrogen (secondary N) is 5. The Morgan fingerprint density at radius 2 is 1.92 bits per heavy atom. The van der Waals surface area contributed by atoms with Crippen LogP contribution in [-0.2, 0) is 24.4 Å². The first-order valence-electron chi connectivity index (χ1n) is 12.8. The molecule has 39 heavy (non-hydrogen) atoms. The van der Waals surface area contributed by atoms with Crippen LogP contribution in [0, 0.1) is 13.8 Å². The highest BCUT2D eigenvalue weighted by atomic mass is 32.2. The normalized spacial score (nSPS) is 18.2. The van der Waals surface area contributed by atoms with Crippen molar-refractivity contribution in [2.75, 3.05) is 18.4 Å².